The van der Waals surface area contributed by atoms with Crippen molar-refractivity contribution in [3.8, 4) is 0 Å². The molecule has 2 unspecified atom stereocenters. The molecule has 30 heavy (non-hydrogen) atoms. The zero-order valence-corrected chi connectivity index (χ0v) is 19.6. The molecule has 0 saturated heterocycles. The normalized spacial score (nSPS) is 14.0. The first-order chi connectivity index (χ1) is 14.4. The van der Waals surface area contributed by atoms with Gasteiger partial charge in [-0.15, -0.1) is 13.2 Å². The average molecular weight is 421 g/mol. The van der Waals surface area contributed by atoms with Crippen LogP contribution in [0, 0.1) is 11.8 Å². The molecule has 0 aliphatic heterocycles. The second-order valence-corrected chi connectivity index (χ2v) is 6.44. The standard InChI is InChI=1S/C22H34N2O4.C2H6/c1-7-11-18(9-3)13-17(5)14-19(24(16-25)12-8-2)22(23-6)20(26)15-21(27)28-10-4;1-2/h7,9,14-18,26H,1,3,8,10-13H2,2,4-6H3;1-2H3/b19-14+,20-15-,23-22?;. The smallest absolute Gasteiger partial charge is 0.334 e. The molecule has 0 aromatic rings. The number of allylic oxidation sites excluding steroid dienone is 3. The van der Waals surface area contributed by atoms with E-state index in [1.54, 1.807) is 6.92 Å². The van der Waals surface area contributed by atoms with Gasteiger partial charge in [0, 0.05) is 13.6 Å². The van der Waals surface area contributed by atoms with Crippen LogP contribution >= 0.6 is 0 Å². The molecule has 0 fully saturated rings. The first kappa shape index (κ1) is 29.6. The number of hydrogen-bond acceptors (Lipinski definition) is 5. The van der Waals surface area contributed by atoms with E-state index in [4.69, 9.17) is 4.74 Å². The van der Waals surface area contributed by atoms with Gasteiger partial charge in [-0.2, -0.15) is 0 Å². The molecule has 0 spiro atoms. The van der Waals surface area contributed by atoms with Crippen molar-refractivity contribution in [3.63, 3.8) is 0 Å². The van der Waals surface area contributed by atoms with Crippen LogP contribution in [-0.2, 0) is 14.3 Å². The van der Waals surface area contributed by atoms with Crippen molar-refractivity contribution in [1.29, 1.82) is 0 Å². The number of ether oxygens (including phenoxy) is 1. The number of carbonyl (C=O) groups excluding carboxylic acids is 2. The first-order valence-electron chi connectivity index (χ1n) is 10.6. The van der Waals surface area contributed by atoms with E-state index in [1.165, 1.54) is 11.9 Å². The molecule has 0 aliphatic carbocycles. The van der Waals surface area contributed by atoms with Crippen LogP contribution in [0.3, 0.4) is 0 Å². The van der Waals surface area contributed by atoms with Crippen LogP contribution < -0.4 is 0 Å². The molecule has 0 radical (unpaired) electrons. The van der Waals surface area contributed by atoms with E-state index >= 15 is 0 Å². The molecule has 0 bridgehead atoms. The third kappa shape index (κ3) is 11.4. The van der Waals surface area contributed by atoms with Crippen molar-refractivity contribution >= 4 is 18.1 Å². The van der Waals surface area contributed by atoms with Crippen molar-refractivity contribution in [1.82, 2.24) is 4.90 Å². The lowest BCUT2D eigenvalue weighted by Gasteiger charge is -2.24. The minimum Gasteiger partial charge on any atom is -0.505 e. The second kappa shape index (κ2) is 18.4. The quantitative estimate of drug-likeness (QED) is 0.104. The van der Waals surface area contributed by atoms with Gasteiger partial charge in [-0.05, 0) is 38.0 Å². The van der Waals surface area contributed by atoms with Crippen LogP contribution in [0.1, 0.15) is 53.9 Å². The molecule has 1 amide bonds. The number of aliphatic hydroxyl groups excluding tert-OH is 1. The number of carbonyl (C=O) groups is 2. The van der Waals surface area contributed by atoms with Crippen molar-refractivity contribution < 1.29 is 19.4 Å². The Labute approximate surface area is 182 Å². The molecule has 1 N–H and O–H groups in total. The van der Waals surface area contributed by atoms with Gasteiger partial charge in [-0.3, -0.25) is 9.79 Å². The topological polar surface area (TPSA) is 79.2 Å². The largest absolute Gasteiger partial charge is 0.505 e. The van der Waals surface area contributed by atoms with E-state index in [1.807, 2.05) is 45.9 Å². The predicted molar refractivity (Wildman–Crippen MR) is 125 cm³/mol. The number of hydrogen-bond donors (Lipinski definition) is 1. The van der Waals surface area contributed by atoms with E-state index in [-0.39, 0.29) is 29.9 Å². The Hall–Kier alpha value is -2.63. The van der Waals surface area contributed by atoms with Gasteiger partial charge in [0.05, 0.1) is 18.4 Å². The van der Waals surface area contributed by atoms with Crippen LogP contribution in [-0.4, -0.2) is 48.3 Å². The summed E-state index contributed by atoms with van der Waals surface area (Å²) >= 11 is 0. The van der Waals surface area contributed by atoms with Gasteiger partial charge in [-0.1, -0.05) is 45.9 Å². The van der Waals surface area contributed by atoms with E-state index < -0.39 is 5.97 Å². The van der Waals surface area contributed by atoms with Crippen LogP contribution in [0.15, 0.2) is 53.9 Å². The van der Waals surface area contributed by atoms with Gasteiger partial charge in [0.2, 0.25) is 6.41 Å². The molecule has 6 nitrogen and oxygen atoms in total. The van der Waals surface area contributed by atoms with Gasteiger partial charge in [0.25, 0.3) is 0 Å². The minimum atomic E-state index is -0.667. The average Bonchev–Trinajstić information content (AvgIpc) is 2.73. The molecule has 2 atom stereocenters. The Morgan fingerprint density at radius 3 is 2.33 bits per heavy atom. The van der Waals surface area contributed by atoms with E-state index in [0.717, 1.165) is 25.3 Å². The maximum atomic E-state index is 11.7. The fourth-order valence-electron chi connectivity index (χ4n) is 2.82. The fraction of sp³-hybridized carbons (Fsp3) is 0.542. The maximum absolute atomic E-state index is 11.7. The lowest BCUT2D eigenvalue weighted by Crippen LogP contribution is -2.29. The molecule has 0 heterocycles. The van der Waals surface area contributed by atoms with Crippen LogP contribution in [0.25, 0.3) is 0 Å². The Morgan fingerprint density at radius 2 is 1.90 bits per heavy atom. The van der Waals surface area contributed by atoms with Gasteiger partial charge < -0.3 is 14.7 Å². The molecular formula is C24H40N2O4. The summed E-state index contributed by atoms with van der Waals surface area (Å²) in [5, 5.41) is 10.4. The highest BCUT2D eigenvalue weighted by Gasteiger charge is 2.20. The Bertz CT molecular complexity index is 621. The third-order valence-corrected chi connectivity index (χ3v) is 4.07. The SMILES string of the molecule is C=CCC(C=C)CC(C)/C=C(\C(=NC)/C(O)=C/C(=O)OCC)N(C=O)CCC.CC. The highest BCUT2D eigenvalue weighted by atomic mass is 16.5. The lowest BCUT2D eigenvalue weighted by molar-refractivity contribution is -0.137. The summed E-state index contributed by atoms with van der Waals surface area (Å²) < 4.78 is 4.84. The van der Waals surface area contributed by atoms with E-state index in [9.17, 15) is 14.7 Å². The zero-order valence-electron chi connectivity index (χ0n) is 19.6. The summed E-state index contributed by atoms with van der Waals surface area (Å²) in [4.78, 5) is 29.0. The van der Waals surface area contributed by atoms with Gasteiger partial charge in [-0.25, -0.2) is 4.79 Å². The van der Waals surface area contributed by atoms with Crippen LogP contribution in [0.2, 0.25) is 0 Å². The third-order valence-electron chi connectivity index (χ3n) is 4.07. The van der Waals surface area contributed by atoms with Crippen molar-refractivity contribution in [2.45, 2.75) is 53.9 Å². The molecular weight excluding hydrogens is 380 g/mol. The van der Waals surface area contributed by atoms with Gasteiger partial charge in [0.1, 0.15) is 11.5 Å². The maximum Gasteiger partial charge on any atom is 0.334 e. The molecule has 0 aliphatic rings. The Kier molecular flexibility index (Phi) is 18.1. The summed E-state index contributed by atoms with van der Waals surface area (Å²) in [7, 11) is 1.50. The highest BCUT2D eigenvalue weighted by Crippen LogP contribution is 2.22. The Balaban J connectivity index is 0. The van der Waals surface area contributed by atoms with Crippen LogP contribution in [0.4, 0.5) is 0 Å². The summed E-state index contributed by atoms with van der Waals surface area (Å²) in [6, 6.07) is 0. The zero-order chi connectivity index (χ0) is 23.5. The monoisotopic (exact) mass is 420 g/mol. The summed E-state index contributed by atoms with van der Waals surface area (Å²) in [5.41, 5.74) is 0.630. The number of nitrogens with zero attached hydrogens (tertiary/aromatic N) is 2. The number of rotatable bonds is 14. The van der Waals surface area contributed by atoms with Crippen LogP contribution in [0.5, 0.6) is 0 Å². The van der Waals surface area contributed by atoms with E-state index in [0.29, 0.717) is 18.7 Å². The summed E-state index contributed by atoms with van der Waals surface area (Å²) in [6.45, 7) is 17.9. The molecule has 0 saturated carbocycles. The van der Waals surface area contributed by atoms with Gasteiger partial charge >= 0.3 is 5.97 Å². The summed E-state index contributed by atoms with van der Waals surface area (Å²) in [6.07, 6.45) is 9.66. The predicted octanol–water partition coefficient (Wildman–Crippen LogP) is 5.25. The van der Waals surface area contributed by atoms with Crippen molar-refractivity contribution in [3.05, 3.63) is 48.9 Å². The Morgan fingerprint density at radius 1 is 1.27 bits per heavy atom. The van der Waals surface area contributed by atoms with Crippen molar-refractivity contribution in [2.24, 2.45) is 16.8 Å². The lowest BCUT2D eigenvalue weighted by atomic mass is 9.92. The van der Waals surface area contributed by atoms with E-state index in [2.05, 4.69) is 18.2 Å². The van der Waals surface area contributed by atoms with Gasteiger partial charge in [0.15, 0.2) is 0 Å². The number of amides is 1. The highest BCUT2D eigenvalue weighted by molar-refractivity contribution is 6.13. The number of aliphatic imine (C=N–C) groups is 1. The summed E-state index contributed by atoms with van der Waals surface area (Å²) in [5.74, 6) is -0.677. The fourth-order valence-corrected chi connectivity index (χ4v) is 2.82. The second-order valence-electron chi connectivity index (χ2n) is 6.44. The minimum absolute atomic E-state index is 0.0735. The molecule has 0 aromatic heterocycles. The number of aliphatic hydroxyl groups is 1. The molecule has 0 rings (SSSR count). The molecule has 6 heteroatoms. The molecule has 170 valence electrons. The molecule has 0 aromatic carbocycles. The number of esters is 1. The van der Waals surface area contributed by atoms with Crippen molar-refractivity contribution in [2.75, 3.05) is 20.2 Å². The first-order valence-corrected chi connectivity index (χ1v) is 10.6.